The average Bonchev–Trinajstić information content (AvgIpc) is 2.94. The number of fused-ring (bicyclic) bond motifs is 1. The third-order valence-corrected chi connectivity index (χ3v) is 6.76. The Morgan fingerprint density at radius 2 is 1.81 bits per heavy atom. The number of aromatic nitrogens is 2. The van der Waals surface area contributed by atoms with Crippen LogP contribution in [0, 0.1) is 0 Å². The van der Waals surface area contributed by atoms with Crippen LogP contribution in [0.4, 0.5) is 13.6 Å². The quantitative estimate of drug-likeness (QED) is 0.186. The van der Waals surface area contributed by atoms with Crippen LogP contribution in [0.25, 0.3) is 0 Å². The maximum Gasteiger partial charge on any atom is 0.388 e. The molecular formula is C30H42F2N4O6. The molecule has 10 nitrogen and oxygen atoms in total. The summed E-state index contributed by atoms with van der Waals surface area (Å²) in [7, 11) is 2.88. The van der Waals surface area contributed by atoms with E-state index < -0.39 is 36.5 Å². The van der Waals surface area contributed by atoms with E-state index in [0.717, 1.165) is 25.0 Å². The fourth-order valence-electron chi connectivity index (χ4n) is 4.79. The molecule has 0 radical (unpaired) electrons. The standard InChI is InChI=1S/C30H42F2N4O6/c1-30(2,3)42-26(37)17-24(21-13-15-25(34-18-21)41-28(31)32)36(19-27(39-4)40-5)29(38)33-16-8-10-22-14-12-20-9-6-7-11-23(20)35-22/h12-15,18,24,27-28H,6-11,16-17,19H2,1-5H3,(H,33,38). The molecule has 42 heavy (non-hydrogen) atoms. The van der Waals surface area contributed by atoms with Crippen LogP contribution in [-0.4, -0.2) is 72.7 Å². The zero-order chi connectivity index (χ0) is 30.7. The number of hydrogen-bond acceptors (Lipinski definition) is 8. The molecule has 2 amide bonds. The Balaban J connectivity index is 1.77. The first-order valence-electron chi connectivity index (χ1n) is 14.2. The lowest BCUT2D eigenvalue weighted by molar-refractivity contribution is -0.157. The molecule has 1 N–H and O–H groups in total. The maximum absolute atomic E-state index is 13.6. The maximum atomic E-state index is 13.6. The number of rotatable bonds is 14. The molecule has 3 rings (SSSR count). The Labute approximate surface area is 246 Å². The molecule has 0 aromatic carbocycles. The van der Waals surface area contributed by atoms with Gasteiger partial charge in [0.05, 0.1) is 19.0 Å². The molecule has 0 saturated carbocycles. The molecule has 1 aliphatic carbocycles. The van der Waals surface area contributed by atoms with E-state index in [9.17, 15) is 18.4 Å². The minimum absolute atomic E-state index is 0.0338. The van der Waals surface area contributed by atoms with Gasteiger partial charge in [0.15, 0.2) is 6.29 Å². The average molecular weight is 593 g/mol. The van der Waals surface area contributed by atoms with Gasteiger partial charge >= 0.3 is 18.6 Å². The van der Waals surface area contributed by atoms with Crippen molar-refractivity contribution in [1.82, 2.24) is 20.2 Å². The normalized spacial score (nSPS) is 13.9. The van der Waals surface area contributed by atoms with Crippen LogP contribution in [0.2, 0.25) is 0 Å². The second-order valence-electron chi connectivity index (χ2n) is 11.1. The predicted molar refractivity (Wildman–Crippen MR) is 151 cm³/mol. The zero-order valence-corrected chi connectivity index (χ0v) is 25.0. The molecule has 232 valence electrons. The van der Waals surface area contributed by atoms with Crippen molar-refractivity contribution in [2.75, 3.05) is 27.3 Å². The lowest BCUT2D eigenvalue weighted by Gasteiger charge is -2.34. The number of methoxy groups -OCH3 is 2. The van der Waals surface area contributed by atoms with Crippen LogP contribution in [0.1, 0.15) is 75.0 Å². The molecule has 1 aliphatic rings. The van der Waals surface area contributed by atoms with Crippen LogP contribution in [0.3, 0.4) is 0 Å². The van der Waals surface area contributed by atoms with Gasteiger partial charge < -0.3 is 29.2 Å². The van der Waals surface area contributed by atoms with Gasteiger partial charge in [-0.3, -0.25) is 9.78 Å². The van der Waals surface area contributed by atoms with E-state index in [1.807, 2.05) is 6.07 Å². The number of hydrogen-bond donors (Lipinski definition) is 1. The molecule has 1 unspecified atom stereocenters. The number of carbonyl (C=O) groups is 2. The molecule has 1 atom stereocenters. The van der Waals surface area contributed by atoms with Gasteiger partial charge in [-0.2, -0.15) is 8.78 Å². The van der Waals surface area contributed by atoms with Crippen molar-refractivity contribution in [3.8, 4) is 5.88 Å². The third kappa shape index (κ3) is 10.5. The fraction of sp³-hybridized carbons (Fsp3) is 0.600. The second kappa shape index (κ2) is 15.7. The fourth-order valence-corrected chi connectivity index (χ4v) is 4.79. The molecule has 0 aliphatic heterocycles. The van der Waals surface area contributed by atoms with Crippen molar-refractivity contribution in [1.29, 1.82) is 0 Å². The van der Waals surface area contributed by atoms with Crippen molar-refractivity contribution in [3.05, 3.63) is 53.0 Å². The van der Waals surface area contributed by atoms with Crippen LogP contribution in [0.5, 0.6) is 5.88 Å². The van der Waals surface area contributed by atoms with Gasteiger partial charge in [0.1, 0.15) is 5.60 Å². The SMILES string of the molecule is COC(CN(C(=O)NCCCc1ccc2c(n1)CCCC2)C(CC(=O)OC(C)(C)C)c1ccc(OC(F)F)nc1)OC. The molecule has 0 spiro atoms. The lowest BCUT2D eigenvalue weighted by atomic mass is 9.95. The molecule has 2 aromatic rings. The molecule has 0 bridgehead atoms. The monoisotopic (exact) mass is 592 g/mol. The number of carbonyl (C=O) groups excluding carboxylic acids is 2. The molecule has 0 fully saturated rings. The summed E-state index contributed by atoms with van der Waals surface area (Å²) >= 11 is 0. The van der Waals surface area contributed by atoms with Gasteiger partial charge in [-0.1, -0.05) is 12.1 Å². The van der Waals surface area contributed by atoms with Gasteiger partial charge in [0.25, 0.3) is 0 Å². The largest absolute Gasteiger partial charge is 0.460 e. The summed E-state index contributed by atoms with van der Waals surface area (Å²) in [5.41, 5.74) is 3.14. The second-order valence-corrected chi connectivity index (χ2v) is 11.1. The predicted octanol–water partition coefficient (Wildman–Crippen LogP) is 4.99. The minimum atomic E-state index is -3.04. The van der Waals surface area contributed by atoms with Crippen molar-refractivity contribution < 1.29 is 37.3 Å². The van der Waals surface area contributed by atoms with Crippen molar-refractivity contribution in [3.63, 3.8) is 0 Å². The third-order valence-electron chi connectivity index (χ3n) is 6.76. The summed E-state index contributed by atoms with van der Waals surface area (Å²) in [6.07, 6.45) is 6.04. The Kier molecular flexibility index (Phi) is 12.4. The number of urea groups is 1. The molecule has 2 aromatic heterocycles. The van der Waals surface area contributed by atoms with Crippen LogP contribution >= 0.6 is 0 Å². The Bertz CT molecular complexity index is 1160. The van der Waals surface area contributed by atoms with E-state index in [-0.39, 0.29) is 18.8 Å². The first kappa shape index (κ1) is 33.1. The first-order chi connectivity index (χ1) is 20.0. The van der Waals surface area contributed by atoms with Crippen LogP contribution in [0.15, 0.2) is 30.5 Å². The van der Waals surface area contributed by atoms with Gasteiger partial charge in [0, 0.05) is 44.4 Å². The zero-order valence-electron chi connectivity index (χ0n) is 25.0. The molecular weight excluding hydrogens is 550 g/mol. The summed E-state index contributed by atoms with van der Waals surface area (Å²) in [6.45, 7) is 2.51. The number of nitrogens with zero attached hydrogens (tertiary/aromatic N) is 3. The van der Waals surface area contributed by atoms with Gasteiger partial charge in [-0.25, -0.2) is 9.78 Å². The molecule has 0 saturated heterocycles. The Morgan fingerprint density at radius 3 is 2.45 bits per heavy atom. The summed E-state index contributed by atoms with van der Waals surface area (Å²) in [4.78, 5) is 36.7. The number of pyridine rings is 2. The van der Waals surface area contributed by atoms with E-state index in [1.165, 1.54) is 55.1 Å². The highest BCUT2D eigenvalue weighted by atomic mass is 19.3. The minimum Gasteiger partial charge on any atom is -0.460 e. The summed E-state index contributed by atoms with van der Waals surface area (Å²) in [5.74, 6) is -0.841. The van der Waals surface area contributed by atoms with E-state index >= 15 is 0 Å². The Morgan fingerprint density at radius 1 is 1.07 bits per heavy atom. The highest BCUT2D eigenvalue weighted by Gasteiger charge is 2.32. The highest BCUT2D eigenvalue weighted by molar-refractivity contribution is 5.77. The number of alkyl halides is 2. The van der Waals surface area contributed by atoms with E-state index in [0.29, 0.717) is 24.9 Å². The molecule has 2 heterocycles. The first-order valence-corrected chi connectivity index (χ1v) is 14.2. The van der Waals surface area contributed by atoms with Crippen molar-refractivity contribution in [2.45, 2.75) is 90.3 Å². The number of amides is 2. The van der Waals surface area contributed by atoms with Crippen molar-refractivity contribution in [2.24, 2.45) is 0 Å². The van der Waals surface area contributed by atoms with Crippen molar-refractivity contribution >= 4 is 12.0 Å². The van der Waals surface area contributed by atoms with Crippen LogP contribution in [-0.2, 0) is 38.3 Å². The number of halogens is 2. The summed E-state index contributed by atoms with van der Waals surface area (Å²) in [6, 6.07) is 5.61. The van der Waals surface area contributed by atoms with Crippen LogP contribution < -0.4 is 10.1 Å². The summed E-state index contributed by atoms with van der Waals surface area (Å²) < 4.78 is 46.0. The number of ether oxygens (including phenoxy) is 4. The number of aryl methyl sites for hydroxylation is 3. The van der Waals surface area contributed by atoms with Gasteiger partial charge in [0.2, 0.25) is 5.88 Å². The molecule has 12 heteroatoms. The topological polar surface area (TPSA) is 112 Å². The summed E-state index contributed by atoms with van der Waals surface area (Å²) in [5, 5.41) is 2.93. The van der Waals surface area contributed by atoms with E-state index in [1.54, 1.807) is 20.8 Å². The Hall–Kier alpha value is -3.38. The highest BCUT2D eigenvalue weighted by Crippen LogP contribution is 2.28. The number of esters is 1. The smallest absolute Gasteiger partial charge is 0.388 e. The van der Waals surface area contributed by atoms with Gasteiger partial charge in [-0.15, -0.1) is 0 Å². The van der Waals surface area contributed by atoms with E-state index in [4.69, 9.17) is 19.2 Å². The van der Waals surface area contributed by atoms with Gasteiger partial charge in [-0.05, 0) is 76.5 Å². The van der Waals surface area contributed by atoms with E-state index in [2.05, 4.69) is 21.1 Å². The number of nitrogens with one attached hydrogen (secondary N) is 1. The lowest BCUT2D eigenvalue weighted by Crippen LogP contribution is -2.47.